The number of rotatable bonds is 1. The number of aromatic nitrogens is 1. The van der Waals surface area contributed by atoms with Gasteiger partial charge in [-0.1, -0.05) is 29.5 Å². The number of benzene rings is 1. The number of thiazole rings is 1. The van der Waals surface area contributed by atoms with Gasteiger partial charge in [-0.3, -0.25) is 9.36 Å². The van der Waals surface area contributed by atoms with E-state index in [4.69, 9.17) is 14.1 Å². The standard InChI is InChI=1S/C18H14N2O3S/c1-18-9-13(12-4-2-3-5-14(12)23-18)20-16(21)15(24-17(20)19-18)8-11-6-7-22-10-11/h2-8,10,13H,9H2,1H3/b15-8+/t13-,18-/m0/s1. The van der Waals surface area contributed by atoms with Gasteiger partial charge in [-0.05, 0) is 25.1 Å². The molecule has 2 atom stereocenters. The fraction of sp³-hybridized carbons (Fsp3) is 0.222. The smallest absolute Gasteiger partial charge is 0.270 e. The van der Waals surface area contributed by atoms with Crippen molar-refractivity contribution in [3.8, 4) is 5.75 Å². The number of hydrogen-bond donors (Lipinski definition) is 0. The van der Waals surface area contributed by atoms with Gasteiger partial charge in [0.05, 0.1) is 23.1 Å². The van der Waals surface area contributed by atoms with Crippen LogP contribution in [0.4, 0.5) is 0 Å². The van der Waals surface area contributed by atoms with Crippen molar-refractivity contribution >= 4 is 17.4 Å². The predicted molar refractivity (Wildman–Crippen MR) is 89.9 cm³/mol. The number of fused-ring (bicyclic) bond motifs is 6. The van der Waals surface area contributed by atoms with Crippen molar-refractivity contribution in [2.24, 2.45) is 4.99 Å². The van der Waals surface area contributed by atoms with Crippen molar-refractivity contribution in [2.45, 2.75) is 25.1 Å². The zero-order valence-electron chi connectivity index (χ0n) is 12.9. The molecule has 0 fully saturated rings. The van der Waals surface area contributed by atoms with Crippen LogP contribution in [0.2, 0.25) is 0 Å². The predicted octanol–water partition coefficient (Wildman–Crippen LogP) is 2.05. The third kappa shape index (κ3) is 1.93. The molecule has 0 amide bonds. The normalized spacial score (nSPS) is 24.7. The second-order valence-electron chi connectivity index (χ2n) is 6.27. The molecule has 3 aromatic rings. The molecule has 6 heteroatoms. The molecule has 4 heterocycles. The Labute approximate surface area is 141 Å². The largest absolute Gasteiger partial charge is 0.472 e. The maximum absolute atomic E-state index is 13.0. The first-order valence-corrected chi connectivity index (χ1v) is 8.58. The molecular weight excluding hydrogens is 324 g/mol. The molecule has 5 rings (SSSR count). The van der Waals surface area contributed by atoms with Crippen LogP contribution in [0.1, 0.15) is 30.5 Å². The first kappa shape index (κ1) is 13.8. The quantitative estimate of drug-likeness (QED) is 0.682. The van der Waals surface area contributed by atoms with E-state index in [1.807, 2.05) is 43.3 Å². The Morgan fingerprint density at radius 1 is 1.38 bits per heavy atom. The molecule has 2 aliphatic heterocycles. The summed E-state index contributed by atoms with van der Waals surface area (Å²) in [6.45, 7) is 1.98. The number of hydrogen-bond acceptors (Lipinski definition) is 5. The molecule has 0 radical (unpaired) electrons. The Kier molecular flexibility index (Phi) is 2.71. The highest BCUT2D eigenvalue weighted by molar-refractivity contribution is 7.07. The summed E-state index contributed by atoms with van der Waals surface area (Å²) in [6.07, 6.45) is 5.73. The maximum atomic E-state index is 13.0. The van der Waals surface area contributed by atoms with Crippen molar-refractivity contribution < 1.29 is 9.15 Å². The fourth-order valence-corrected chi connectivity index (χ4v) is 4.57. The Morgan fingerprint density at radius 3 is 3.08 bits per heavy atom. The molecule has 0 aliphatic carbocycles. The minimum Gasteiger partial charge on any atom is -0.472 e. The van der Waals surface area contributed by atoms with Gasteiger partial charge in [0.1, 0.15) is 5.75 Å². The summed E-state index contributed by atoms with van der Waals surface area (Å²) in [7, 11) is 0. The highest BCUT2D eigenvalue weighted by Gasteiger charge is 2.42. The first-order chi connectivity index (χ1) is 11.6. The summed E-state index contributed by atoms with van der Waals surface area (Å²) >= 11 is 1.40. The van der Waals surface area contributed by atoms with Crippen LogP contribution in [0.3, 0.4) is 0 Å². The lowest BCUT2D eigenvalue weighted by atomic mass is 9.93. The van der Waals surface area contributed by atoms with Crippen LogP contribution in [-0.4, -0.2) is 10.3 Å². The van der Waals surface area contributed by atoms with Crippen LogP contribution >= 0.6 is 11.3 Å². The molecule has 24 heavy (non-hydrogen) atoms. The molecule has 0 unspecified atom stereocenters. The van der Waals surface area contributed by atoms with Gasteiger partial charge >= 0.3 is 0 Å². The molecule has 2 aliphatic rings. The van der Waals surface area contributed by atoms with Gasteiger partial charge in [-0.15, -0.1) is 0 Å². The second-order valence-corrected chi connectivity index (χ2v) is 7.28. The number of ether oxygens (including phenoxy) is 1. The highest BCUT2D eigenvalue weighted by atomic mass is 32.1. The number of nitrogens with zero attached hydrogens (tertiary/aromatic N) is 2. The van der Waals surface area contributed by atoms with E-state index in [1.54, 1.807) is 17.1 Å². The molecule has 1 aromatic carbocycles. The fourth-order valence-electron chi connectivity index (χ4n) is 3.45. The van der Waals surface area contributed by atoms with Crippen molar-refractivity contribution in [3.63, 3.8) is 0 Å². The summed E-state index contributed by atoms with van der Waals surface area (Å²) in [5.74, 6) is 0.809. The van der Waals surface area contributed by atoms with Crippen molar-refractivity contribution in [3.05, 3.63) is 73.7 Å². The Bertz CT molecular complexity index is 1110. The second kappa shape index (κ2) is 4.70. The molecule has 0 saturated carbocycles. The average molecular weight is 338 g/mol. The van der Waals surface area contributed by atoms with Gasteiger partial charge in [0, 0.05) is 17.5 Å². The Hall–Kier alpha value is -2.60. The minimum atomic E-state index is -0.622. The van der Waals surface area contributed by atoms with Crippen molar-refractivity contribution in [1.29, 1.82) is 0 Å². The monoisotopic (exact) mass is 338 g/mol. The van der Waals surface area contributed by atoms with E-state index in [9.17, 15) is 4.79 Å². The molecular formula is C18H14N2O3S. The topological polar surface area (TPSA) is 56.7 Å². The molecule has 120 valence electrons. The van der Waals surface area contributed by atoms with E-state index < -0.39 is 5.72 Å². The van der Waals surface area contributed by atoms with Crippen LogP contribution in [0.5, 0.6) is 5.75 Å². The minimum absolute atomic E-state index is 0.0105. The van der Waals surface area contributed by atoms with E-state index in [-0.39, 0.29) is 11.6 Å². The molecule has 0 N–H and O–H groups in total. The van der Waals surface area contributed by atoms with Gasteiger partial charge in [0.15, 0.2) is 4.80 Å². The maximum Gasteiger partial charge on any atom is 0.270 e. The van der Waals surface area contributed by atoms with E-state index in [2.05, 4.69) is 0 Å². The SMILES string of the molecule is C[C@@]12C[C@@H](c3ccccc3O1)n1c(s/c(=C/c3ccoc3)c1=O)=N2. The third-order valence-electron chi connectivity index (χ3n) is 4.50. The average Bonchev–Trinajstić information content (AvgIpc) is 3.16. The third-order valence-corrected chi connectivity index (χ3v) is 5.48. The first-order valence-electron chi connectivity index (χ1n) is 7.76. The molecule has 0 saturated heterocycles. The van der Waals surface area contributed by atoms with Gasteiger partial charge in [-0.2, -0.15) is 0 Å². The summed E-state index contributed by atoms with van der Waals surface area (Å²) in [4.78, 5) is 18.4. The van der Waals surface area contributed by atoms with E-state index >= 15 is 0 Å². The lowest BCUT2D eigenvalue weighted by molar-refractivity contribution is 0.0410. The van der Waals surface area contributed by atoms with Gasteiger partial charge in [0.2, 0.25) is 5.72 Å². The molecule has 0 spiro atoms. The van der Waals surface area contributed by atoms with Crippen LogP contribution in [0, 0.1) is 0 Å². The van der Waals surface area contributed by atoms with Crippen molar-refractivity contribution in [2.75, 3.05) is 0 Å². The molecule has 2 bridgehead atoms. The summed E-state index contributed by atoms with van der Waals surface area (Å²) < 4.78 is 13.6. The summed E-state index contributed by atoms with van der Waals surface area (Å²) in [5.41, 5.74) is 1.28. The van der Waals surface area contributed by atoms with E-state index in [0.29, 0.717) is 15.8 Å². The highest BCUT2D eigenvalue weighted by Crippen LogP contribution is 2.42. The molecule has 2 aromatic heterocycles. The number of furan rings is 1. The number of para-hydroxylation sites is 1. The van der Waals surface area contributed by atoms with Crippen LogP contribution in [0.15, 0.2) is 57.1 Å². The van der Waals surface area contributed by atoms with Crippen LogP contribution in [-0.2, 0) is 0 Å². The zero-order chi connectivity index (χ0) is 16.3. The van der Waals surface area contributed by atoms with Gasteiger partial charge in [-0.25, -0.2) is 4.99 Å². The van der Waals surface area contributed by atoms with Crippen molar-refractivity contribution in [1.82, 2.24) is 4.57 Å². The molecule has 5 nitrogen and oxygen atoms in total. The summed E-state index contributed by atoms with van der Waals surface area (Å²) in [6, 6.07) is 9.68. The van der Waals surface area contributed by atoms with Crippen LogP contribution < -0.4 is 19.6 Å². The van der Waals surface area contributed by atoms with E-state index in [0.717, 1.165) is 16.9 Å². The van der Waals surface area contributed by atoms with Gasteiger partial charge < -0.3 is 9.15 Å². The summed E-state index contributed by atoms with van der Waals surface area (Å²) in [5, 5.41) is 0. The Balaban J connectivity index is 1.80. The lowest BCUT2D eigenvalue weighted by Gasteiger charge is -2.39. The zero-order valence-corrected chi connectivity index (χ0v) is 13.7. The Morgan fingerprint density at radius 2 is 2.25 bits per heavy atom. The van der Waals surface area contributed by atoms with Gasteiger partial charge in [0.25, 0.3) is 5.56 Å². The van der Waals surface area contributed by atoms with Crippen LogP contribution in [0.25, 0.3) is 6.08 Å². The van der Waals surface area contributed by atoms with E-state index in [1.165, 1.54) is 11.3 Å². The lowest BCUT2D eigenvalue weighted by Crippen LogP contribution is -2.49.